The molecule has 1 heterocycles. The lowest BCUT2D eigenvalue weighted by Gasteiger charge is -2.38. The molecule has 3 heteroatoms. The molecule has 1 amide bonds. The van der Waals surface area contributed by atoms with Crippen molar-refractivity contribution in [2.75, 3.05) is 0 Å². The van der Waals surface area contributed by atoms with Gasteiger partial charge >= 0.3 is 0 Å². The minimum Gasteiger partial charge on any atom is -0.351 e. The first-order valence-electron chi connectivity index (χ1n) is 4.46. The van der Waals surface area contributed by atoms with Crippen LogP contribution in [0.25, 0.3) is 0 Å². The molecule has 2 unspecified atom stereocenters. The number of hydrogen-bond donors (Lipinski definition) is 2. The summed E-state index contributed by atoms with van der Waals surface area (Å²) in [6, 6.07) is 0.237. The van der Waals surface area contributed by atoms with E-state index in [1.807, 2.05) is 0 Å². The van der Waals surface area contributed by atoms with Gasteiger partial charge in [-0.1, -0.05) is 20.8 Å². The summed E-state index contributed by atoms with van der Waals surface area (Å²) in [5, 5.41) is 2.94. The third-order valence-corrected chi connectivity index (χ3v) is 2.38. The molecule has 0 saturated carbocycles. The Bertz CT molecular complexity index is 183. The van der Waals surface area contributed by atoms with Crippen LogP contribution in [-0.4, -0.2) is 18.0 Å². The second-order valence-electron chi connectivity index (χ2n) is 4.61. The zero-order valence-corrected chi connectivity index (χ0v) is 8.05. The van der Waals surface area contributed by atoms with Crippen LogP contribution in [-0.2, 0) is 4.79 Å². The van der Waals surface area contributed by atoms with Crippen LogP contribution in [0.4, 0.5) is 0 Å². The molecule has 3 nitrogen and oxygen atoms in total. The number of amides is 1. The number of carbonyl (C=O) groups excluding carboxylic acids is 1. The molecule has 0 aromatic carbocycles. The number of carbonyl (C=O) groups is 1. The summed E-state index contributed by atoms with van der Waals surface area (Å²) in [6.45, 7) is 6.30. The van der Waals surface area contributed by atoms with Crippen LogP contribution in [0.1, 0.15) is 33.6 Å². The Kier molecular flexibility index (Phi) is 2.42. The summed E-state index contributed by atoms with van der Waals surface area (Å²) in [5.74, 6) is 0.136. The molecule has 12 heavy (non-hydrogen) atoms. The lowest BCUT2D eigenvalue weighted by atomic mass is 9.79. The smallest absolute Gasteiger partial charge is 0.220 e. The molecular weight excluding hydrogens is 152 g/mol. The molecule has 0 aromatic rings. The monoisotopic (exact) mass is 170 g/mol. The summed E-state index contributed by atoms with van der Waals surface area (Å²) in [5.41, 5.74) is 5.98. The fraction of sp³-hybridized carbons (Fsp3) is 0.889. The van der Waals surface area contributed by atoms with Crippen molar-refractivity contribution in [1.29, 1.82) is 0 Å². The summed E-state index contributed by atoms with van der Waals surface area (Å²) >= 11 is 0. The summed E-state index contributed by atoms with van der Waals surface area (Å²) in [7, 11) is 0. The number of nitrogens with two attached hydrogens (primary N) is 1. The number of hydrogen-bond acceptors (Lipinski definition) is 2. The van der Waals surface area contributed by atoms with Crippen LogP contribution in [0.5, 0.6) is 0 Å². The Hall–Kier alpha value is -0.570. The van der Waals surface area contributed by atoms with Crippen molar-refractivity contribution in [2.24, 2.45) is 11.1 Å². The predicted molar refractivity (Wildman–Crippen MR) is 48.6 cm³/mol. The molecule has 70 valence electrons. The third kappa shape index (κ3) is 1.97. The van der Waals surface area contributed by atoms with E-state index < -0.39 is 0 Å². The number of rotatable bonds is 0. The maximum absolute atomic E-state index is 11.1. The Balaban J connectivity index is 2.67. The summed E-state index contributed by atoms with van der Waals surface area (Å²) in [4.78, 5) is 11.1. The number of nitrogens with one attached hydrogen (secondary N) is 1. The van der Waals surface area contributed by atoms with Gasteiger partial charge in [0.25, 0.3) is 0 Å². The van der Waals surface area contributed by atoms with Crippen LogP contribution in [0.3, 0.4) is 0 Å². The minimum absolute atomic E-state index is 0.0650. The van der Waals surface area contributed by atoms with Gasteiger partial charge in [0.1, 0.15) is 0 Å². The normalized spacial score (nSPS) is 31.5. The highest BCUT2D eigenvalue weighted by molar-refractivity contribution is 5.77. The third-order valence-electron chi connectivity index (χ3n) is 2.38. The van der Waals surface area contributed by atoms with E-state index in [2.05, 4.69) is 26.1 Å². The van der Waals surface area contributed by atoms with E-state index in [-0.39, 0.29) is 23.4 Å². The quantitative estimate of drug-likeness (QED) is 0.560. The van der Waals surface area contributed by atoms with E-state index in [1.54, 1.807) is 0 Å². The SMILES string of the molecule is CC(C)(C)C1NC(=O)CCC1N. The van der Waals surface area contributed by atoms with Gasteiger partial charge in [0.15, 0.2) is 0 Å². The fourth-order valence-corrected chi connectivity index (χ4v) is 1.68. The van der Waals surface area contributed by atoms with Crippen molar-refractivity contribution in [3.05, 3.63) is 0 Å². The van der Waals surface area contributed by atoms with E-state index in [0.29, 0.717) is 6.42 Å². The zero-order chi connectivity index (χ0) is 9.35. The van der Waals surface area contributed by atoms with Gasteiger partial charge in [0.2, 0.25) is 5.91 Å². The maximum Gasteiger partial charge on any atom is 0.220 e. The van der Waals surface area contributed by atoms with Crippen LogP contribution < -0.4 is 11.1 Å². The average molecular weight is 170 g/mol. The van der Waals surface area contributed by atoms with Crippen molar-refractivity contribution in [3.63, 3.8) is 0 Å². The molecule has 0 aromatic heterocycles. The molecule has 1 aliphatic rings. The van der Waals surface area contributed by atoms with Crippen molar-refractivity contribution in [1.82, 2.24) is 5.32 Å². The van der Waals surface area contributed by atoms with Crippen LogP contribution in [0.2, 0.25) is 0 Å². The number of piperidine rings is 1. The molecule has 3 N–H and O–H groups in total. The second-order valence-corrected chi connectivity index (χ2v) is 4.61. The van der Waals surface area contributed by atoms with Crippen LogP contribution in [0, 0.1) is 5.41 Å². The molecule has 0 spiro atoms. The molecule has 1 aliphatic heterocycles. The highest BCUT2D eigenvalue weighted by atomic mass is 16.1. The molecule has 1 rings (SSSR count). The largest absolute Gasteiger partial charge is 0.351 e. The van der Waals surface area contributed by atoms with Gasteiger partial charge in [-0.25, -0.2) is 0 Å². The second kappa shape index (κ2) is 3.05. The van der Waals surface area contributed by atoms with Gasteiger partial charge in [0.05, 0.1) is 0 Å². The summed E-state index contributed by atoms with van der Waals surface area (Å²) in [6.07, 6.45) is 1.39. The molecular formula is C9H18N2O. The van der Waals surface area contributed by atoms with Crippen molar-refractivity contribution >= 4 is 5.91 Å². The molecule has 0 radical (unpaired) electrons. The van der Waals surface area contributed by atoms with Crippen molar-refractivity contribution < 1.29 is 4.79 Å². The lowest BCUT2D eigenvalue weighted by molar-refractivity contribution is -0.124. The first kappa shape index (κ1) is 9.52. The van der Waals surface area contributed by atoms with Gasteiger partial charge in [-0.2, -0.15) is 0 Å². The van der Waals surface area contributed by atoms with E-state index in [0.717, 1.165) is 6.42 Å². The highest BCUT2D eigenvalue weighted by Crippen LogP contribution is 2.25. The lowest BCUT2D eigenvalue weighted by Crippen LogP contribution is -2.57. The topological polar surface area (TPSA) is 55.1 Å². The molecule has 2 atom stereocenters. The van der Waals surface area contributed by atoms with E-state index in [1.165, 1.54) is 0 Å². The molecule has 0 bridgehead atoms. The van der Waals surface area contributed by atoms with Crippen molar-refractivity contribution in [2.45, 2.75) is 45.7 Å². The Morgan fingerprint density at radius 1 is 1.50 bits per heavy atom. The van der Waals surface area contributed by atoms with Gasteiger partial charge in [0, 0.05) is 18.5 Å². The van der Waals surface area contributed by atoms with Crippen molar-refractivity contribution in [3.8, 4) is 0 Å². The first-order valence-corrected chi connectivity index (χ1v) is 4.46. The van der Waals surface area contributed by atoms with Crippen LogP contribution >= 0.6 is 0 Å². The maximum atomic E-state index is 11.1. The average Bonchev–Trinajstić information content (AvgIpc) is 1.92. The van der Waals surface area contributed by atoms with Gasteiger partial charge in [-0.05, 0) is 11.8 Å². The van der Waals surface area contributed by atoms with Gasteiger partial charge in [-0.15, -0.1) is 0 Å². The first-order chi connectivity index (χ1) is 5.41. The zero-order valence-electron chi connectivity index (χ0n) is 8.05. The van der Waals surface area contributed by atoms with Gasteiger partial charge in [-0.3, -0.25) is 4.79 Å². The molecule has 1 fully saturated rings. The Morgan fingerprint density at radius 3 is 2.50 bits per heavy atom. The minimum atomic E-state index is 0.0650. The standard InChI is InChI=1S/C9H18N2O/c1-9(2,3)8-6(10)4-5-7(12)11-8/h6,8H,4-5,10H2,1-3H3,(H,11,12). The van der Waals surface area contributed by atoms with Gasteiger partial charge < -0.3 is 11.1 Å². The Labute approximate surface area is 73.7 Å². The fourth-order valence-electron chi connectivity index (χ4n) is 1.68. The van der Waals surface area contributed by atoms with E-state index in [9.17, 15) is 4.79 Å². The Morgan fingerprint density at radius 2 is 2.08 bits per heavy atom. The van der Waals surface area contributed by atoms with Crippen LogP contribution in [0.15, 0.2) is 0 Å². The predicted octanol–water partition coefficient (Wildman–Crippen LogP) is 0.638. The summed E-state index contributed by atoms with van der Waals surface area (Å²) < 4.78 is 0. The van der Waals surface area contributed by atoms with E-state index in [4.69, 9.17) is 5.73 Å². The van der Waals surface area contributed by atoms with E-state index >= 15 is 0 Å². The molecule has 0 aliphatic carbocycles. The highest BCUT2D eigenvalue weighted by Gasteiger charge is 2.34. The molecule has 1 saturated heterocycles.